The molecule has 3 nitrogen and oxygen atoms in total. The Bertz CT molecular complexity index is 515. The fourth-order valence-electron chi connectivity index (χ4n) is 2.30. The Kier molecular flexibility index (Phi) is 2.81. The minimum atomic E-state index is -0.283. The van der Waals surface area contributed by atoms with Crippen LogP contribution in [-0.4, -0.2) is 11.5 Å². The summed E-state index contributed by atoms with van der Waals surface area (Å²) >= 11 is 0. The number of rotatable bonds is 1. The molecule has 0 aliphatic carbocycles. The molecule has 1 fully saturated rings. The van der Waals surface area contributed by atoms with Gasteiger partial charge in [0.2, 0.25) is 5.89 Å². The van der Waals surface area contributed by atoms with E-state index in [-0.39, 0.29) is 11.9 Å². The highest BCUT2D eigenvalue weighted by atomic mass is 19.1. The first kappa shape index (κ1) is 10.7. The maximum Gasteiger partial charge on any atom is 0.212 e. The maximum absolute atomic E-state index is 13.0. The molecule has 1 aromatic carbocycles. The van der Waals surface area contributed by atoms with Crippen LogP contribution in [0.2, 0.25) is 0 Å². The van der Waals surface area contributed by atoms with Gasteiger partial charge in [0.05, 0.1) is 6.04 Å². The summed E-state index contributed by atoms with van der Waals surface area (Å²) in [6.07, 6.45) is 4.67. The number of nitrogens with zero attached hydrogens (tertiary/aromatic N) is 1. The molecule has 1 saturated heterocycles. The number of halogens is 1. The number of hydrogen-bond donors (Lipinski definition) is 1. The van der Waals surface area contributed by atoms with E-state index in [1.165, 1.54) is 31.4 Å². The van der Waals surface area contributed by atoms with Gasteiger partial charge < -0.3 is 9.73 Å². The van der Waals surface area contributed by atoms with Crippen molar-refractivity contribution in [1.82, 2.24) is 10.3 Å². The van der Waals surface area contributed by atoms with E-state index < -0.39 is 0 Å². The molecule has 1 atom stereocenters. The standard InChI is InChI=1S/C13H15FN2O/c14-9-5-6-10-12(8-9)17-13(16-10)11-4-2-1-3-7-15-11/h5-6,8,11,15H,1-4,7H2. The van der Waals surface area contributed by atoms with Gasteiger partial charge in [-0.3, -0.25) is 0 Å². The maximum atomic E-state index is 13.0. The van der Waals surface area contributed by atoms with Crippen LogP contribution in [0.15, 0.2) is 22.6 Å². The molecule has 4 heteroatoms. The van der Waals surface area contributed by atoms with Gasteiger partial charge in [0, 0.05) is 6.07 Å². The Morgan fingerprint density at radius 2 is 2.24 bits per heavy atom. The molecule has 17 heavy (non-hydrogen) atoms. The highest BCUT2D eigenvalue weighted by Gasteiger charge is 2.19. The number of oxazole rings is 1. The van der Waals surface area contributed by atoms with E-state index in [2.05, 4.69) is 10.3 Å². The van der Waals surface area contributed by atoms with E-state index in [1.807, 2.05) is 0 Å². The van der Waals surface area contributed by atoms with Crippen LogP contribution < -0.4 is 5.32 Å². The Hall–Kier alpha value is -1.42. The van der Waals surface area contributed by atoms with E-state index in [0.717, 1.165) is 18.5 Å². The molecular formula is C13H15FN2O. The van der Waals surface area contributed by atoms with Gasteiger partial charge in [0.1, 0.15) is 11.3 Å². The van der Waals surface area contributed by atoms with Gasteiger partial charge in [-0.2, -0.15) is 0 Å². The van der Waals surface area contributed by atoms with Crippen molar-refractivity contribution in [2.45, 2.75) is 31.7 Å². The summed E-state index contributed by atoms with van der Waals surface area (Å²) in [4.78, 5) is 4.42. The SMILES string of the molecule is Fc1ccc2nc(C3CCCCCN3)oc2c1. The third-order valence-corrected chi connectivity index (χ3v) is 3.23. The first-order chi connectivity index (χ1) is 8.33. The molecule has 0 bridgehead atoms. The van der Waals surface area contributed by atoms with Crippen molar-refractivity contribution in [3.8, 4) is 0 Å². The lowest BCUT2D eigenvalue weighted by Crippen LogP contribution is -2.20. The number of benzene rings is 1. The van der Waals surface area contributed by atoms with Crippen LogP contribution in [0.1, 0.15) is 37.6 Å². The van der Waals surface area contributed by atoms with Gasteiger partial charge >= 0.3 is 0 Å². The third kappa shape index (κ3) is 2.17. The van der Waals surface area contributed by atoms with Crippen LogP contribution in [0.3, 0.4) is 0 Å². The van der Waals surface area contributed by atoms with Gasteiger partial charge in [0.25, 0.3) is 0 Å². The van der Waals surface area contributed by atoms with Gasteiger partial charge in [-0.1, -0.05) is 12.8 Å². The fraction of sp³-hybridized carbons (Fsp3) is 0.462. The molecule has 0 spiro atoms. The smallest absolute Gasteiger partial charge is 0.212 e. The second-order valence-corrected chi connectivity index (χ2v) is 4.52. The molecule has 2 aromatic rings. The van der Waals surface area contributed by atoms with E-state index in [4.69, 9.17) is 4.42 Å². The molecule has 0 radical (unpaired) electrons. The van der Waals surface area contributed by atoms with Crippen molar-refractivity contribution >= 4 is 11.1 Å². The van der Waals surface area contributed by atoms with E-state index in [9.17, 15) is 4.39 Å². The highest BCUT2D eigenvalue weighted by Crippen LogP contribution is 2.25. The average Bonchev–Trinajstić information content (AvgIpc) is 2.57. The quantitative estimate of drug-likeness (QED) is 0.823. The lowest BCUT2D eigenvalue weighted by Gasteiger charge is -2.10. The number of aromatic nitrogens is 1. The second-order valence-electron chi connectivity index (χ2n) is 4.52. The Morgan fingerprint density at radius 1 is 1.29 bits per heavy atom. The topological polar surface area (TPSA) is 38.1 Å². The molecule has 1 aliphatic heterocycles. The summed E-state index contributed by atoms with van der Waals surface area (Å²) in [5.41, 5.74) is 1.26. The van der Waals surface area contributed by atoms with Crippen LogP contribution >= 0.6 is 0 Å². The van der Waals surface area contributed by atoms with Gasteiger partial charge in [-0.25, -0.2) is 9.37 Å². The molecule has 0 amide bonds. The molecule has 90 valence electrons. The summed E-state index contributed by atoms with van der Waals surface area (Å²) in [6.45, 7) is 0.998. The molecular weight excluding hydrogens is 219 g/mol. The zero-order valence-electron chi connectivity index (χ0n) is 9.58. The zero-order chi connectivity index (χ0) is 11.7. The Labute approximate surface area is 99.0 Å². The molecule has 1 N–H and O–H groups in total. The van der Waals surface area contributed by atoms with Crippen molar-refractivity contribution in [3.63, 3.8) is 0 Å². The Balaban J connectivity index is 1.93. The number of hydrogen-bond acceptors (Lipinski definition) is 3. The van der Waals surface area contributed by atoms with Crippen molar-refractivity contribution in [3.05, 3.63) is 29.9 Å². The van der Waals surface area contributed by atoms with Crippen LogP contribution in [-0.2, 0) is 0 Å². The first-order valence-corrected chi connectivity index (χ1v) is 6.12. The molecule has 0 saturated carbocycles. The summed E-state index contributed by atoms with van der Waals surface area (Å²) in [7, 11) is 0. The van der Waals surface area contributed by atoms with Crippen LogP contribution in [0, 0.1) is 5.82 Å². The van der Waals surface area contributed by atoms with Crippen molar-refractivity contribution < 1.29 is 8.81 Å². The van der Waals surface area contributed by atoms with Crippen molar-refractivity contribution in [2.75, 3.05) is 6.54 Å². The largest absolute Gasteiger partial charge is 0.439 e. The molecule has 1 unspecified atom stereocenters. The highest BCUT2D eigenvalue weighted by molar-refractivity contribution is 5.72. The molecule has 3 rings (SSSR count). The lowest BCUT2D eigenvalue weighted by molar-refractivity contribution is 0.409. The summed E-state index contributed by atoms with van der Waals surface area (Å²) in [5.74, 6) is 0.404. The average molecular weight is 234 g/mol. The van der Waals surface area contributed by atoms with Crippen LogP contribution in [0.25, 0.3) is 11.1 Å². The molecule has 1 aliphatic rings. The predicted octanol–water partition coefficient (Wildman–Crippen LogP) is 3.17. The monoisotopic (exact) mass is 234 g/mol. The van der Waals surface area contributed by atoms with Gasteiger partial charge in [-0.15, -0.1) is 0 Å². The number of fused-ring (bicyclic) bond motifs is 1. The van der Waals surface area contributed by atoms with Crippen molar-refractivity contribution in [2.24, 2.45) is 0 Å². The molecule has 1 aromatic heterocycles. The minimum Gasteiger partial charge on any atom is -0.439 e. The molecule has 2 heterocycles. The second kappa shape index (κ2) is 4.45. The van der Waals surface area contributed by atoms with E-state index in [1.54, 1.807) is 6.07 Å². The van der Waals surface area contributed by atoms with Crippen LogP contribution in [0.5, 0.6) is 0 Å². The number of nitrogens with one attached hydrogen (secondary N) is 1. The summed E-state index contributed by atoms with van der Waals surface area (Å²) in [5, 5.41) is 3.42. The summed E-state index contributed by atoms with van der Waals surface area (Å²) < 4.78 is 18.7. The van der Waals surface area contributed by atoms with Gasteiger partial charge in [-0.05, 0) is 31.5 Å². The Morgan fingerprint density at radius 3 is 3.18 bits per heavy atom. The van der Waals surface area contributed by atoms with Crippen molar-refractivity contribution in [1.29, 1.82) is 0 Å². The zero-order valence-corrected chi connectivity index (χ0v) is 9.58. The summed E-state index contributed by atoms with van der Waals surface area (Å²) in [6, 6.07) is 4.64. The van der Waals surface area contributed by atoms with Crippen LogP contribution in [0.4, 0.5) is 4.39 Å². The fourth-order valence-corrected chi connectivity index (χ4v) is 2.30. The minimum absolute atomic E-state index is 0.174. The van der Waals surface area contributed by atoms with E-state index in [0.29, 0.717) is 11.5 Å². The predicted molar refractivity (Wildman–Crippen MR) is 63.2 cm³/mol. The lowest BCUT2D eigenvalue weighted by atomic mass is 10.1. The normalized spacial score (nSPS) is 21.6. The van der Waals surface area contributed by atoms with Gasteiger partial charge in [0.15, 0.2) is 5.58 Å². The first-order valence-electron chi connectivity index (χ1n) is 6.12. The van der Waals surface area contributed by atoms with E-state index >= 15 is 0 Å². The third-order valence-electron chi connectivity index (χ3n) is 3.23.